The van der Waals surface area contributed by atoms with E-state index in [-0.39, 0.29) is 30.8 Å². The molecule has 5 rings (SSSR count). The number of rotatable bonds is 12. The molecule has 3 aromatic carbocycles. The maximum atomic E-state index is 14.8. The minimum atomic E-state index is -1.01. The molecule has 2 aliphatic heterocycles. The van der Waals surface area contributed by atoms with Crippen molar-refractivity contribution < 1.29 is 23.5 Å². The summed E-state index contributed by atoms with van der Waals surface area (Å²) in [6.45, 7) is 2.87. The van der Waals surface area contributed by atoms with Gasteiger partial charge in [-0.05, 0) is 55.7 Å². The van der Waals surface area contributed by atoms with Gasteiger partial charge < -0.3 is 25.2 Å². The highest BCUT2D eigenvalue weighted by molar-refractivity contribution is 6.00. The van der Waals surface area contributed by atoms with Crippen molar-refractivity contribution >= 4 is 17.9 Å². The van der Waals surface area contributed by atoms with Gasteiger partial charge in [0.2, 0.25) is 11.8 Å². The van der Waals surface area contributed by atoms with Crippen molar-refractivity contribution in [1.82, 2.24) is 20.4 Å². The number of piperidine rings is 1. The zero-order valence-corrected chi connectivity index (χ0v) is 25.1. The van der Waals surface area contributed by atoms with Gasteiger partial charge in [0.05, 0.1) is 0 Å². The summed E-state index contributed by atoms with van der Waals surface area (Å²) in [7, 11) is 0. The van der Waals surface area contributed by atoms with Crippen LogP contribution in [0, 0.1) is 5.82 Å². The largest absolute Gasteiger partial charge is 0.445 e. The second-order valence-corrected chi connectivity index (χ2v) is 11.6. The number of piperazine rings is 1. The first-order valence-electron chi connectivity index (χ1n) is 15.5. The van der Waals surface area contributed by atoms with Gasteiger partial charge in [0.1, 0.15) is 24.0 Å². The number of hydrogen-bond acceptors (Lipinski definition) is 5. The molecule has 2 fully saturated rings. The van der Waals surface area contributed by atoms with Gasteiger partial charge in [0.25, 0.3) is 0 Å². The van der Waals surface area contributed by atoms with E-state index in [1.807, 2.05) is 48.5 Å². The standard InChI is InChI=1S/C35H41FN4O4/c36-30-16-8-7-15-29(30)25-40-32(41)31(17-9-10-21-37-34(43)44-26-28-13-5-2-6-14-28)38-33(42)35(40)19-23-39(24-20-35)22-18-27-11-3-1-4-12-27/h1-8,11-16,31H,9-10,17-26H2,(H,37,43)(H,38,42)/t31-/m0/s1. The SMILES string of the molecule is O=C(NCCCC[C@@H]1NC(=O)C2(CCN(CCc3ccccc3)CC2)N(Cc2ccccc2F)C1=O)OCc1ccccc1. The molecule has 2 N–H and O–H groups in total. The van der Waals surface area contributed by atoms with Crippen LogP contribution in [0.4, 0.5) is 9.18 Å². The van der Waals surface area contributed by atoms with E-state index in [1.54, 1.807) is 23.1 Å². The monoisotopic (exact) mass is 600 g/mol. The van der Waals surface area contributed by atoms with Gasteiger partial charge >= 0.3 is 6.09 Å². The number of nitrogens with zero attached hydrogens (tertiary/aromatic N) is 2. The number of likely N-dealkylation sites (tertiary alicyclic amines) is 1. The van der Waals surface area contributed by atoms with Crippen LogP contribution in [-0.4, -0.2) is 65.5 Å². The number of carbonyl (C=O) groups excluding carboxylic acids is 3. The molecule has 0 radical (unpaired) electrons. The summed E-state index contributed by atoms with van der Waals surface area (Å²) in [6.07, 6.45) is 3.07. The van der Waals surface area contributed by atoms with Crippen LogP contribution >= 0.6 is 0 Å². The Bertz CT molecular complexity index is 1400. The van der Waals surface area contributed by atoms with E-state index in [0.717, 1.165) is 18.5 Å². The molecule has 0 saturated carbocycles. The Morgan fingerprint density at radius 1 is 0.909 bits per heavy atom. The van der Waals surface area contributed by atoms with E-state index < -0.39 is 17.7 Å². The molecule has 232 valence electrons. The van der Waals surface area contributed by atoms with Gasteiger partial charge in [0.15, 0.2) is 0 Å². The number of amides is 3. The maximum absolute atomic E-state index is 14.8. The molecule has 1 spiro atoms. The number of hydrogen-bond donors (Lipinski definition) is 2. The van der Waals surface area contributed by atoms with E-state index in [2.05, 4.69) is 27.7 Å². The first kappa shape index (κ1) is 31.2. The predicted molar refractivity (Wildman–Crippen MR) is 166 cm³/mol. The molecule has 44 heavy (non-hydrogen) atoms. The molecular formula is C35H41FN4O4. The van der Waals surface area contributed by atoms with Gasteiger partial charge in [-0.1, -0.05) is 78.9 Å². The van der Waals surface area contributed by atoms with Crippen LogP contribution in [0.2, 0.25) is 0 Å². The Hall–Kier alpha value is -4.24. The Morgan fingerprint density at radius 3 is 2.27 bits per heavy atom. The molecule has 0 aliphatic carbocycles. The second-order valence-electron chi connectivity index (χ2n) is 11.6. The zero-order chi connectivity index (χ0) is 30.8. The molecule has 2 saturated heterocycles. The summed E-state index contributed by atoms with van der Waals surface area (Å²) in [5.41, 5.74) is 1.56. The highest BCUT2D eigenvalue weighted by Crippen LogP contribution is 2.35. The van der Waals surface area contributed by atoms with Crippen molar-refractivity contribution in [3.63, 3.8) is 0 Å². The lowest BCUT2D eigenvalue weighted by Crippen LogP contribution is -2.72. The average molecular weight is 601 g/mol. The van der Waals surface area contributed by atoms with Crippen LogP contribution < -0.4 is 10.6 Å². The highest BCUT2D eigenvalue weighted by atomic mass is 19.1. The number of benzene rings is 3. The Morgan fingerprint density at radius 2 is 1.57 bits per heavy atom. The lowest BCUT2D eigenvalue weighted by molar-refractivity contribution is -0.162. The lowest BCUT2D eigenvalue weighted by atomic mass is 9.81. The molecule has 1 atom stereocenters. The third kappa shape index (κ3) is 7.82. The number of unbranched alkanes of at least 4 members (excludes halogenated alkanes) is 1. The van der Waals surface area contributed by atoms with Gasteiger partial charge in [-0.3, -0.25) is 9.59 Å². The first-order valence-corrected chi connectivity index (χ1v) is 15.5. The number of halogens is 1. The van der Waals surface area contributed by atoms with Crippen LogP contribution in [0.15, 0.2) is 84.9 Å². The molecule has 2 aliphatic rings. The van der Waals surface area contributed by atoms with Crippen molar-refractivity contribution in [3.05, 3.63) is 107 Å². The molecule has 0 bridgehead atoms. The minimum absolute atomic E-state index is 0.0499. The van der Waals surface area contributed by atoms with Gasteiger partial charge in [-0.15, -0.1) is 0 Å². The van der Waals surface area contributed by atoms with Crippen molar-refractivity contribution in [2.45, 2.75) is 63.3 Å². The smallest absolute Gasteiger partial charge is 0.407 e. The van der Waals surface area contributed by atoms with E-state index in [4.69, 9.17) is 4.74 Å². The Labute approximate surface area is 258 Å². The zero-order valence-electron chi connectivity index (χ0n) is 25.1. The molecule has 9 heteroatoms. The minimum Gasteiger partial charge on any atom is -0.445 e. The van der Waals surface area contributed by atoms with Crippen LogP contribution in [0.1, 0.15) is 48.8 Å². The highest BCUT2D eigenvalue weighted by Gasteiger charge is 2.53. The molecule has 0 unspecified atom stereocenters. The van der Waals surface area contributed by atoms with Gasteiger partial charge in [-0.2, -0.15) is 0 Å². The first-order chi connectivity index (χ1) is 21.4. The van der Waals surface area contributed by atoms with Crippen LogP contribution in [-0.2, 0) is 33.9 Å². The molecule has 3 amide bonds. The van der Waals surface area contributed by atoms with E-state index in [0.29, 0.717) is 57.3 Å². The average Bonchev–Trinajstić information content (AvgIpc) is 3.05. The quantitative estimate of drug-likeness (QED) is 0.291. The summed E-state index contributed by atoms with van der Waals surface area (Å²) in [6, 6.07) is 25.5. The van der Waals surface area contributed by atoms with E-state index >= 15 is 0 Å². The van der Waals surface area contributed by atoms with Crippen molar-refractivity contribution in [2.24, 2.45) is 0 Å². The third-order valence-electron chi connectivity index (χ3n) is 8.74. The fraction of sp³-hybridized carbons (Fsp3) is 0.400. The topological polar surface area (TPSA) is 91.0 Å². The van der Waals surface area contributed by atoms with Crippen LogP contribution in [0.5, 0.6) is 0 Å². The molecule has 0 aromatic heterocycles. The van der Waals surface area contributed by atoms with Gasteiger partial charge in [0, 0.05) is 38.3 Å². The number of ether oxygens (including phenoxy) is 1. The van der Waals surface area contributed by atoms with Crippen molar-refractivity contribution in [2.75, 3.05) is 26.2 Å². The summed E-state index contributed by atoms with van der Waals surface area (Å²) < 4.78 is 20.0. The number of nitrogens with one attached hydrogen (secondary N) is 2. The van der Waals surface area contributed by atoms with Crippen LogP contribution in [0.25, 0.3) is 0 Å². The maximum Gasteiger partial charge on any atom is 0.407 e. The lowest BCUT2D eigenvalue weighted by Gasteiger charge is -2.51. The summed E-state index contributed by atoms with van der Waals surface area (Å²) >= 11 is 0. The fourth-order valence-electron chi connectivity index (χ4n) is 6.11. The molecule has 3 aromatic rings. The van der Waals surface area contributed by atoms with Crippen LogP contribution in [0.3, 0.4) is 0 Å². The summed E-state index contributed by atoms with van der Waals surface area (Å²) in [4.78, 5) is 43.7. The third-order valence-corrected chi connectivity index (χ3v) is 8.74. The van der Waals surface area contributed by atoms with E-state index in [9.17, 15) is 18.8 Å². The molecular weight excluding hydrogens is 559 g/mol. The Kier molecular flexibility index (Phi) is 10.6. The van der Waals surface area contributed by atoms with Crippen molar-refractivity contribution in [3.8, 4) is 0 Å². The normalized spacial score (nSPS) is 18.2. The molecule has 2 heterocycles. The van der Waals surface area contributed by atoms with E-state index in [1.165, 1.54) is 11.6 Å². The summed E-state index contributed by atoms with van der Waals surface area (Å²) in [5.74, 6) is -0.729. The van der Waals surface area contributed by atoms with Crippen molar-refractivity contribution in [1.29, 1.82) is 0 Å². The fourth-order valence-corrected chi connectivity index (χ4v) is 6.11. The summed E-state index contributed by atoms with van der Waals surface area (Å²) in [5, 5.41) is 5.75. The number of alkyl carbamates (subject to hydrolysis) is 1. The predicted octanol–water partition coefficient (Wildman–Crippen LogP) is 4.83. The number of carbonyl (C=O) groups is 3. The molecule has 8 nitrogen and oxygen atoms in total. The Balaban J connectivity index is 1.16. The van der Waals surface area contributed by atoms with Gasteiger partial charge in [-0.25, -0.2) is 9.18 Å². The second kappa shape index (κ2) is 15.0.